The van der Waals surface area contributed by atoms with E-state index in [1.54, 1.807) is 23.2 Å². The number of aryl methyl sites for hydroxylation is 1. The fraction of sp³-hybridized carbons (Fsp3) is 0.429. The number of aromatic nitrogens is 2. The number of amides is 1. The van der Waals surface area contributed by atoms with Gasteiger partial charge in [0.15, 0.2) is 0 Å². The van der Waals surface area contributed by atoms with Crippen molar-refractivity contribution in [2.24, 2.45) is 7.05 Å². The minimum atomic E-state index is -0.261. The quantitative estimate of drug-likeness (QED) is 0.525. The van der Waals surface area contributed by atoms with E-state index in [4.69, 9.17) is 4.74 Å². The Balaban J connectivity index is 1.41. The van der Waals surface area contributed by atoms with E-state index in [1.165, 1.54) is 6.07 Å². The predicted molar refractivity (Wildman–Crippen MR) is 138 cm³/mol. The predicted octanol–water partition coefficient (Wildman–Crippen LogP) is 3.80. The van der Waals surface area contributed by atoms with Crippen molar-refractivity contribution in [1.82, 2.24) is 19.4 Å². The number of carbonyl (C=O) groups is 1. The highest BCUT2D eigenvalue weighted by atomic mass is 19.1. The van der Waals surface area contributed by atoms with Gasteiger partial charge in [-0.25, -0.2) is 9.37 Å². The van der Waals surface area contributed by atoms with E-state index < -0.39 is 0 Å². The molecule has 2 aliphatic heterocycles. The molecule has 2 fully saturated rings. The fourth-order valence-electron chi connectivity index (χ4n) is 5.06. The van der Waals surface area contributed by atoms with E-state index in [1.807, 2.05) is 30.1 Å². The van der Waals surface area contributed by atoms with Crippen molar-refractivity contribution >= 4 is 11.6 Å². The molecule has 1 amide bonds. The van der Waals surface area contributed by atoms with Crippen LogP contribution in [0, 0.1) is 5.82 Å². The van der Waals surface area contributed by atoms with Crippen LogP contribution < -0.4 is 4.90 Å². The van der Waals surface area contributed by atoms with Gasteiger partial charge in [0.2, 0.25) is 0 Å². The zero-order valence-corrected chi connectivity index (χ0v) is 21.1. The molecule has 0 N–H and O–H groups in total. The van der Waals surface area contributed by atoms with Crippen LogP contribution in [0.15, 0.2) is 55.0 Å². The molecule has 3 aromatic rings. The van der Waals surface area contributed by atoms with Crippen molar-refractivity contribution in [1.29, 1.82) is 0 Å². The highest BCUT2D eigenvalue weighted by Gasteiger charge is 2.28. The number of benzene rings is 2. The molecule has 5 rings (SSSR count). The summed E-state index contributed by atoms with van der Waals surface area (Å²) in [5.74, 6) is -0.367. The van der Waals surface area contributed by atoms with E-state index in [0.717, 1.165) is 55.8 Å². The zero-order valence-electron chi connectivity index (χ0n) is 21.1. The number of imidazole rings is 1. The molecule has 0 spiro atoms. The molecule has 2 aliphatic rings. The smallest absolute Gasteiger partial charge is 0.274 e. The van der Waals surface area contributed by atoms with E-state index in [2.05, 4.69) is 34.0 Å². The molecule has 0 aliphatic carbocycles. The van der Waals surface area contributed by atoms with Crippen LogP contribution in [0.3, 0.4) is 0 Å². The van der Waals surface area contributed by atoms with Gasteiger partial charge in [0.25, 0.3) is 5.91 Å². The SMILES string of the molecule is CN1CCN(c2cccc(-c3cc(CN(C(=O)c4cn(C)cn4)C4CCOCC4)ccc3F)c2)CC1. The summed E-state index contributed by atoms with van der Waals surface area (Å²) in [7, 11) is 3.99. The second-order valence-corrected chi connectivity index (χ2v) is 9.86. The fourth-order valence-corrected chi connectivity index (χ4v) is 5.06. The Hall–Kier alpha value is -3.23. The van der Waals surface area contributed by atoms with E-state index in [-0.39, 0.29) is 17.8 Å². The Morgan fingerprint density at radius 3 is 2.58 bits per heavy atom. The lowest BCUT2D eigenvalue weighted by atomic mass is 10.00. The molecule has 0 atom stereocenters. The number of nitrogens with zero attached hydrogens (tertiary/aromatic N) is 5. The summed E-state index contributed by atoms with van der Waals surface area (Å²) in [6.07, 6.45) is 4.94. The topological polar surface area (TPSA) is 53.8 Å². The number of carbonyl (C=O) groups excluding carboxylic acids is 1. The van der Waals surface area contributed by atoms with Crippen molar-refractivity contribution in [3.05, 3.63) is 72.1 Å². The molecule has 0 saturated carbocycles. The number of halogens is 1. The molecule has 8 heteroatoms. The normalized spacial score (nSPS) is 17.4. The molecule has 0 radical (unpaired) electrons. The lowest BCUT2D eigenvalue weighted by molar-refractivity contribution is 0.0264. The first-order valence-corrected chi connectivity index (χ1v) is 12.7. The second-order valence-electron chi connectivity index (χ2n) is 9.86. The third kappa shape index (κ3) is 5.44. The van der Waals surface area contributed by atoms with Crippen molar-refractivity contribution in [2.75, 3.05) is 51.3 Å². The van der Waals surface area contributed by atoms with Crippen molar-refractivity contribution in [3.8, 4) is 11.1 Å². The number of piperazine rings is 1. The highest BCUT2D eigenvalue weighted by Crippen LogP contribution is 2.29. The summed E-state index contributed by atoms with van der Waals surface area (Å²) < 4.78 is 22.4. The maximum absolute atomic E-state index is 15.1. The van der Waals surface area contributed by atoms with E-state index in [9.17, 15) is 4.79 Å². The molecule has 190 valence electrons. The number of hydrogen-bond donors (Lipinski definition) is 0. The van der Waals surface area contributed by atoms with Crippen molar-refractivity contribution < 1.29 is 13.9 Å². The Labute approximate surface area is 212 Å². The van der Waals surface area contributed by atoms with Gasteiger partial charge in [-0.15, -0.1) is 0 Å². The van der Waals surface area contributed by atoms with Crippen molar-refractivity contribution in [2.45, 2.75) is 25.4 Å². The standard InChI is InChI=1S/C28H34FN5O2/c1-31-10-12-33(13-11-31)24-5-3-4-22(17-24)25-16-21(6-7-26(25)29)18-34(23-8-14-36-15-9-23)28(35)27-19-32(2)20-30-27/h3-7,16-17,19-20,23H,8-15,18H2,1-2H3. The third-order valence-corrected chi connectivity index (χ3v) is 7.23. The first-order chi connectivity index (χ1) is 17.5. The largest absolute Gasteiger partial charge is 0.381 e. The molecule has 2 saturated heterocycles. The van der Waals surface area contributed by atoms with Crippen LogP contribution in [-0.2, 0) is 18.3 Å². The molecule has 36 heavy (non-hydrogen) atoms. The number of ether oxygens (including phenoxy) is 1. The van der Waals surface area contributed by atoms with Crippen LogP contribution in [-0.4, -0.2) is 77.7 Å². The highest BCUT2D eigenvalue weighted by molar-refractivity contribution is 5.92. The molecular weight excluding hydrogens is 457 g/mol. The summed E-state index contributed by atoms with van der Waals surface area (Å²) in [5.41, 5.74) is 3.83. The van der Waals surface area contributed by atoms with Gasteiger partial charge >= 0.3 is 0 Å². The van der Waals surface area contributed by atoms with E-state index >= 15 is 4.39 Å². The van der Waals surface area contributed by atoms with Gasteiger partial charge in [-0.3, -0.25) is 4.79 Å². The van der Waals surface area contributed by atoms with Gasteiger partial charge in [0.05, 0.1) is 6.33 Å². The van der Waals surface area contributed by atoms with E-state index in [0.29, 0.717) is 31.0 Å². The van der Waals surface area contributed by atoms with Crippen LogP contribution >= 0.6 is 0 Å². The van der Waals surface area contributed by atoms with Crippen LogP contribution in [0.25, 0.3) is 11.1 Å². The van der Waals surface area contributed by atoms with Crippen LogP contribution in [0.5, 0.6) is 0 Å². The number of hydrogen-bond acceptors (Lipinski definition) is 5. The lowest BCUT2D eigenvalue weighted by Crippen LogP contribution is -2.44. The number of likely N-dealkylation sites (N-methyl/N-ethyl adjacent to an activating group) is 1. The molecule has 0 unspecified atom stereocenters. The maximum atomic E-state index is 15.1. The van der Waals surface area contributed by atoms with Gasteiger partial charge in [-0.05, 0) is 55.3 Å². The monoisotopic (exact) mass is 491 g/mol. The van der Waals surface area contributed by atoms with Gasteiger partial charge in [0, 0.05) is 76.5 Å². The molecule has 3 heterocycles. The molecule has 7 nitrogen and oxygen atoms in total. The molecule has 2 aromatic carbocycles. The summed E-state index contributed by atoms with van der Waals surface area (Å²) >= 11 is 0. The Kier molecular flexibility index (Phi) is 7.34. The van der Waals surface area contributed by atoms with Crippen LogP contribution in [0.4, 0.5) is 10.1 Å². The summed E-state index contributed by atoms with van der Waals surface area (Å²) in [5, 5.41) is 0. The van der Waals surface area contributed by atoms with Gasteiger partial charge in [-0.2, -0.15) is 0 Å². The third-order valence-electron chi connectivity index (χ3n) is 7.23. The first kappa shape index (κ1) is 24.5. The minimum absolute atomic E-state index is 0.0577. The first-order valence-electron chi connectivity index (χ1n) is 12.7. The Morgan fingerprint density at radius 1 is 1.08 bits per heavy atom. The summed E-state index contributed by atoms with van der Waals surface area (Å²) in [4.78, 5) is 24.3. The van der Waals surface area contributed by atoms with Crippen LogP contribution in [0.2, 0.25) is 0 Å². The second kappa shape index (κ2) is 10.8. The molecular formula is C28H34FN5O2. The average Bonchev–Trinajstić information content (AvgIpc) is 3.35. The Morgan fingerprint density at radius 2 is 1.86 bits per heavy atom. The molecule has 0 bridgehead atoms. The lowest BCUT2D eigenvalue weighted by Gasteiger charge is -2.34. The maximum Gasteiger partial charge on any atom is 0.274 e. The number of rotatable bonds is 6. The van der Waals surface area contributed by atoms with Gasteiger partial charge in [-0.1, -0.05) is 18.2 Å². The Bertz CT molecular complexity index is 1200. The summed E-state index contributed by atoms with van der Waals surface area (Å²) in [6, 6.07) is 13.4. The van der Waals surface area contributed by atoms with Gasteiger partial charge < -0.3 is 24.0 Å². The number of anilines is 1. The zero-order chi connectivity index (χ0) is 25.1. The minimum Gasteiger partial charge on any atom is -0.381 e. The van der Waals surface area contributed by atoms with Crippen LogP contribution in [0.1, 0.15) is 28.9 Å². The average molecular weight is 492 g/mol. The van der Waals surface area contributed by atoms with Gasteiger partial charge in [0.1, 0.15) is 11.5 Å². The molecule has 1 aromatic heterocycles. The summed E-state index contributed by atoms with van der Waals surface area (Å²) in [6.45, 7) is 5.59. The van der Waals surface area contributed by atoms with Crippen molar-refractivity contribution in [3.63, 3.8) is 0 Å².